The zero-order valence-corrected chi connectivity index (χ0v) is 17.1. The predicted octanol–water partition coefficient (Wildman–Crippen LogP) is 3.54. The van der Waals surface area contributed by atoms with Gasteiger partial charge in [-0.25, -0.2) is 9.97 Å². The van der Waals surface area contributed by atoms with Crippen LogP contribution in [0.5, 0.6) is 0 Å². The van der Waals surface area contributed by atoms with Gasteiger partial charge in [0, 0.05) is 49.2 Å². The van der Waals surface area contributed by atoms with E-state index in [0.29, 0.717) is 16.3 Å². The zero-order valence-electron chi connectivity index (χ0n) is 16.3. The second kappa shape index (κ2) is 8.35. The molecule has 5 rings (SSSR count). The van der Waals surface area contributed by atoms with Crippen LogP contribution in [0.4, 0.5) is 5.13 Å². The van der Waals surface area contributed by atoms with E-state index < -0.39 is 0 Å². The van der Waals surface area contributed by atoms with Crippen LogP contribution in [0.15, 0.2) is 60.4 Å². The molecule has 1 saturated heterocycles. The molecule has 7 nitrogen and oxygen atoms in total. The van der Waals surface area contributed by atoms with Gasteiger partial charge in [0.05, 0.1) is 24.5 Å². The normalized spacial score (nSPS) is 14.8. The number of hydrogen-bond acceptors (Lipinski definition) is 6. The van der Waals surface area contributed by atoms with Crippen LogP contribution < -0.4 is 5.32 Å². The van der Waals surface area contributed by atoms with Crippen molar-refractivity contribution >= 4 is 28.0 Å². The Balaban J connectivity index is 1.42. The van der Waals surface area contributed by atoms with Gasteiger partial charge in [-0.15, -0.1) is 11.3 Å². The first kappa shape index (κ1) is 18.9. The molecular formula is C22H21N5O2S. The number of hydrogen-bond donors (Lipinski definition) is 1. The van der Waals surface area contributed by atoms with Gasteiger partial charge in [-0.1, -0.05) is 18.2 Å². The third-order valence-electron chi connectivity index (χ3n) is 5.11. The summed E-state index contributed by atoms with van der Waals surface area (Å²) in [5.74, 6) is -0.214. The monoisotopic (exact) mass is 419 g/mol. The van der Waals surface area contributed by atoms with Gasteiger partial charge >= 0.3 is 0 Å². The number of imidazole rings is 1. The number of thiazole rings is 1. The van der Waals surface area contributed by atoms with Crippen molar-refractivity contribution in [1.82, 2.24) is 19.3 Å². The molecule has 0 saturated carbocycles. The first-order chi connectivity index (χ1) is 14.8. The summed E-state index contributed by atoms with van der Waals surface area (Å²) in [6.45, 7) is 4.38. The molecule has 0 unspecified atom stereocenters. The number of ether oxygens (including phenoxy) is 1. The van der Waals surface area contributed by atoms with Crippen LogP contribution >= 0.6 is 11.3 Å². The van der Waals surface area contributed by atoms with Crippen LogP contribution in [0.1, 0.15) is 15.9 Å². The lowest BCUT2D eigenvalue weighted by molar-refractivity contribution is 0.0342. The van der Waals surface area contributed by atoms with E-state index in [-0.39, 0.29) is 5.91 Å². The Morgan fingerprint density at radius 1 is 1.20 bits per heavy atom. The Hall–Kier alpha value is -3.07. The van der Waals surface area contributed by atoms with Gasteiger partial charge in [-0.3, -0.25) is 15.0 Å². The van der Waals surface area contributed by atoms with Gasteiger partial charge in [0.15, 0.2) is 5.13 Å². The number of fused-ring (bicyclic) bond motifs is 1. The molecule has 0 radical (unpaired) electrons. The summed E-state index contributed by atoms with van der Waals surface area (Å²) in [5.41, 5.74) is 4.26. The SMILES string of the molecule is O=C(Nc1nccs1)c1cccn2cc(-c3cccc(CN4CCOCC4)c3)nc12. The van der Waals surface area contributed by atoms with E-state index in [2.05, 4.69) is 39.5 Å². The van der Waals surface area contributed by atoms with E-state index in [9.17, 15) is 4.79 Å². The lowest BCUT2D eigenvalue weighted by Gasteiger charge is -2.26. The number of carbonyl (C=O) groups excluding carboxylic acids is 1. The third kappa shape index (κ3) is 3.97. The highest BCUT2D eigenvalue weighted by atomic mass is 32.1. The van der Waals surface area contributed by atoms with Crippen LogP contribution in [0.3, 0.4) is 0 Å². The van der Waals surface area contributed by atoms with Crippen molar-refractivity contribution in [3.05, 3.63) is 71.5 Å². The average molecular weight is 420 g/mol. The number of morpholine rings is 1. The lowest BCUT2D eigenvalue weighted by atomic mass is 10.1. The number of nitrogens with one attached hydrogen (secondary N) is 1. The molecule has 1 amide bonds. The Labute approximate surface area is 178 Å². The maximum atomic E-state index is 12.7. The van der Waals surface area contributed by atoms with Crippen LogP contribution in [-0.2, 0) is 11.3 Å². The number of anilines is 1. The second-order valence-electron chi connectivity index (χ2n) is 7.16. The van der Waals surface area contributed by atoms with E-state index in [1.807, 2.05) is 28.2 Å². The summed E-state index contributed by atoms with van der Waals surface area (Å²) in [7, 11) is 0. The fourth-order valence-electron chi connectivity index (χ4n) is 3.63. The number of nitrogens with zero attached hydrogens (tertiary/aromatic N) is 4. The van der Waals surface area contributed by atoms with E-state index in [1.54, 1.807) is 12.3 Å². The predicted molar refractivity (Wildman–Crippen MR) is 117 cm³/mol. The van der Waals surface area contributed by atoms with E-state index >= 15 is 0 Å². The average Bonchev–Trinajstić information content (AvgIpc) is 3.44. The molecule has 1 aliphatic rings. The molecule has 1 N–H and O–H groups in total. The molecular weight excluding hydrogens is 398 g/mol. The first-order valence-electron chi connectivity index (χ1n) is 9.84. The standard InChI is InChI=1S/C22H21N5O2S/c28-21(25-22-23-6-12-30-22)18-5-2-7-27-15-19(24-20(18)27)17-4-1-3-16(13-17)14-26-8-10-29-11-9-26/h1-7,12-13,15H,8-11,14H2,(H,23,25,28). The van der Waals surface area contributed by atoms with Crippen LogP contribution in [0.2, 0.25) is 0 Å². The number of carbonyl (C=O) groups is 1. The Morgan fingerprint density at radius 2 is 2.10 bits per heavy atom. The molecule has 152 valence electrons. The maximum Gasteiger partial charge on any atom is 0.261 e. The van der Waals surface area contributed by atoms with Crippen molar-refractivity contribution in [3.63, 3.8) is 0 Å². The fraction of sp³-hybridized carbons (Fsp3) is 0.227. The molecule has 8 heteroatoms. The fourth-order valence-corrected chi connectivity index (χ4v) is 4.15. The molecule has 1 aliphatic heterocycles. The molecule has 0 atom stereocenters. The Bertz CT molecular complexity index is 1170. The van der Waals surface area contributed by atoms with Crippen molar-refractivity contribution in [2.45, 2.75) is 6.54 Å². The molecule has 0 spiro atoms. The Morgan fingerprint density at radius 3 is 2.93 bits per heavy atom. The second-order valence-corrected chi connectivity index (χ2v) is 8.05. The molecule has 1 aromatic carbocycles. The van der Waals surface area contributed by atoms with Gasteiger partial charge in [0.2, 0.25) is 0 Å². The summed E-state index contributed by atoms with van der Waals surface area (Å²) in [6.07, 6.45) is 5.53. The van der Waals surface area contributed by atoms with Crippen molar-refractivity contribution in [3.8, 4) is 11.3 Å². The summed E-state index contributed by atoms with van der Waals surface area (Å²) in [4.78, 5) is 24.0. The number of pyridine rings is 1. The molecule has 0 bridgehead atoms. The van der Waals surface area contributed by atoms with Gasteiger partial charge < -0.3 is 9.14 Å². The van der Waals surface area contributed by atoms with Crippen molar-refractivity contribution < 1.29 is 9.53 Å². The molecule has 4 heterocycles. The number of benzene rings is 1. The largest absolute Gasteiger partial charge is 0.379 e. The highest BCUT2D eigenvalue weighted by molar-refractivity contribution is 7.13. The van der Waals surface area contributed by atoms with Crippen molar-refractivity contribution in [2.75, 3.05) is 31.6 Å². The highest BCUT2D eigenvalue weighted by Gasteiger charge is 2.16. The number of amides is 1. The summed E-state index contributed by atoms with van der Waals surface area (Å²) < 4.78 is 7.33. The maximum absolute atomic E-state index is 12.7. The van der Waals surface area contributed by atoms with E-state index in [0.717, 1.165) is 44.1 Å². The number of rotatable bonds is 5. The highest BCUT2D eigenvalue weighted by Crippen LogP contribution is 2.23. The quantitative estimate of drug-likeness (QED) is 0.536. The summed E-state index contributed by atoms with van der Waals surface area (Å²) in [6, 6.07) is 12.1. The topological polar surface area (TPSA) is 71.8 Å². The van der Waals surface area contributed by atoms with Gasteiger partial charge in [0.25, 0.3) is 5.91 Å². The van der Waals surface area contributed by atoms with Gasteiger partial charge in [-0.2, -0.15) is 0 Å². The molecule has 3 aromatic heterocycles. The van der Waals surface area contributed by atoms with E-state index in [1.165, 1.54) is 16.9 Å². The lowest BCUT2D eigenvalue weighted by Crippen LogP contribution is -2.35. The first-order valence-corrected chi connectivity index (χ1v) is 10.7. The van der Waals surface area contributed by atoms with Crippen molar-refractivity contribution in [1.29, 1.82) is 0 Å². The molecule has 30 heavy (non-hydrogen) atoms. The third-order valence-corrected chi connectivity index (χ3v) is 5.80. The minimum absolute atomic E-state index is 0.214. The number of aromatic nitrogens is 3. The van der Waals surface area contributed by atoms with E-state index in [4.69, 9.17) is 9.72 Å². The van der Waals surface area contributed by atoms with Crippen molar-refractivity contribution in [2.24, 2.45) is 0 Å². The summed E-state index contributed by atoms with van der Waals surface area (Å²) >= 11 is 1.39. The van der Waals surface area contributed by atoms with Gasteiger partial charge in [-0.05, 0) is 23.8 Å². The zero-order chi connectivity index (χ0) is 20.3. The molecule has 4 aromatic rings. The minimum atomic E-state index is -0.214. The van der Waals surface area contributed by atoms with Crippen LogP contribution in [-0.4, -0.2) is 51.5 Å². The van der Waals surface area contributed by atoms with Crippen LogP contribution in [0, 0.1) is 0 Å². The smallest absolute Gasteiger partial charge is 0.261 e. The van der Waals surface area contributed by atoms with Crippen LogP contribution in [0.25, 0.3) is 16.9 Å². The minimum Gasteiger partial charge on any atom is -0.379 e. The summed E-state index contributed by atoms with van der Waals surface area (Å²) in [5, 5.41) is 5.23. The molecule has 1 fully saturated rings. The van der Waals surface area contributed by atoms with Gasteiger partial charge in [0.1, 0.15) is 5.65 Å². The Kier molecular flexibility index (Phi) is 5.27. The molecule has 0 aliphatic carbocycles.